The van der Waals surface area contributed by atoms with E-state index >= 15 is 0 Å². The SMILES string of the molecule is Clc1ccc(Br)c(CNc2ccc(I)cc2Br)c1. The van der Waals surface area contributed by atoms with Gasteiger partial charge in [-0.15, -0.1) is 0 Å². The van der Waals surface area contributed by atoms with Gasteiger partial charge in [-0.3, -0.25) is 0 Å². The maximum absolute atomic E-state index is 5.99. The van der Waals surface area contributed by atoms with Crippen LogP contribution in [0.5, 0.6) is 0 Å². The Kier molecular flexibility index (Phi) is 5.35. The summed E-state index contributed by atoms with van der Waals surface area (Å²) in [5.74, 6) is 0. The molecule has 0 saturated heterocycles. The van der Waals surface area contributed by atoms with Gasteiger partial charge < -0.3 is 5.32 Å². The van der Waals surface area contributed by atoms with Crippen LogP contribution in [0.25, 0.3) is 0 Å². The Morgan fingerprint density at radius 2 is 1.83 bits per heavy atom. The van der Waals surface area contributed by atoms with Gasteiger partial charge in [0, 0.05) is 29.8 Å². The van der Waals surface area contributed by atoms with Crippen LogP contribution in [0.3, 0.4) is 0 Å². The first-order chi connectivity index (χ1) is 8.56. The maximum Gasteiger partial charge on any atom is 0.0488 e. The summed E-state index contributed by atoms with van der Waals surface area (Å²) in [5.41, 5.74) is 2.20. The minimum atomic E-state index is 0.723. The first-order valence-corrected chi connectivity index (χ1v) is 8.23. The Morgan fingerprint density at radius 3 is 2.56 bits per heavy atom. The molecule has 0 aliphatic carbocycles. The van der Waals surface area contributed by atoms with Crippen molar-refractivity contribution in [3.8, 4) is 0 Å². The zero-order valence-electron chi connectivity index (χ0n) is 9.18. The summed E-state index contributed by atoms with van der Waals surface area (Å²) in [6.45, 7) is 0.723. The van der Waals surface area contributed by atoms with Crippen molar-refractivity contribution < 1.29 is 0 Å². The van der Waals surface area contributed by atoms with Gasteiger partial charge in [0.15, 0.2) is 0 Å². The summed E-state index contributed by atoms with van der Waals surface area (Å²) in [5, 5.41) is 4.13. The van der Waals surface area contributed by atoms with E-state index in [9.17, 15) is 0 Å². The van der Waals surface area contributed by atoms with Crippen molar-refractivity contribution in [3.05, 3.63) is 59.5 Å². The third-order valence-electron chi connectivity index (χ3n) is 2.41. The average molecular weight is 501 g/mol. The van der Waals surface area contributed by atoms with Crippen molar-refractivity contribution >= 4 is 71.7 Å². The van der Waals surface area contributed by atoms with Crippen LogP contribution in [0, 0.1) is 3.57 Å². The summed E-state index contributed by atoms with van der Waals surface area (Å²) in [6.07, 6.45) is 0. The highest BCUT2D eigenvalue weighted by Crippen LogP contribution is 2.27. The molecule has 0 radical (unpaired) electrons. The summed E-state index contributed by atoms with van der Waals surface area (Å²) in [6, 6.07) is 12.0. The zero-order valence-corrected chi connectivity index (χ0v) is 15.3. The van der Waals surface area contributed by atoms with Crippen molar-refractivity contribution in [1.82, 2.24) is 0 Å². The molecule has 0 unspecified atom stereocenters. The third-order valence-corrected chi connectivity index (χ3v) is 4.74. The van der Waals surface area contributed by atoms with Gasteiger partial charge in [-0.2, -0.15) is 0 Å². The standard InChI is InChI=1S/C13H9Br2ClIN/c14-11-3-1-9(16)5-8(11)7-18-13-4-2-10(17)6-12(13)15/h1-6,18H,7H2. The molecular formula is C13H9Br2ClIN. The van der Waals surface area contributed by atoms with E-state index in [0.717, 1.165) is 31.8 Å². The van der Waals surface area contributed by atoms with Crippen molar-refractivity contribution in [2.75, 3.05) is 5.32 Å². The van der Waals surface area contributed by atoms with Crippen molar-refractivity contribution in [3.63, 3.8) is 0 Å². The molecule has 0 saturated carbocycles. The second-order valence-electron chi connectivity index (χ2n) is 3.71. The molecule has 2 aromatic carbocycles. The summed E-state index contributed by atoms with van der Waals surface area (Å²) < 4.78 is 3.32. The van der Waals surface area contributed by atoms with Gasteiger partial charge in [0.1, 0.15) is 0 Å². The molecule has 2 aromatic rings. The highest BCUT2D eigenvalue weighted by atomic mass is 127. The van der Waals surface area contributed by atoms with Gasteiger partial charge >= 0.3 is 0 Å². The molecule has 0 aliphatic heterocycles. The predicted octanol–water partition coefficient (Wildman–Crippen LogP) is 6.08. The minimum Gasteiger partial charge on any atom is -0.380 e. The molecule has 5 heteroatoms. The van der Waals surface area contributed by atoms with Gasteiger partial charge in [-0.05, 0) is 80.5 Å². The lowest BCUT2D eigenvalue weighted by atomic mass is 10.2. The average Bonchev–Trinajstić information content (AvgIpc) is 2.32. The Hall–Kier alpha value is 0.220. The Bertz CT molecular complexity index is 575. The van der Waals surface area contributed by atoms with E-state index in [1.807, 2.05) is 18.2 Å². The first-order valence-electron chi connectivity index (χ1n) is 5.19. The largest absolute Gasteiger partial charge is 0.380 e. The maximum atomic E-state index is 5.99. The molecule has 0 spiro atoms. The Balaban J connectivity index is 2.13. The molecule has 1 N–H and O–H groups in total. The fraction of sp³-hybridized carbons (Fsp3) is 0.0769. The van der Waals surface area contributed by atoms with E-state index in [-0.39, 0.29) is 0 Å². The number of hydrogen-bond donors (Lipinski definition) is 1. The van der Waals surface area contributed by atoms with E-state index in [1.54, 1.807) is 0 Å². The van der Waals surface area contributed by atoms with Crippen LogP contribution in [0.2, 0.25) is 5.02 Å². The minimum absolute atomic E-state index is 0.723. The summed E-state index contributed by atoms with van der Waals surface area (Å²) >= 11 is 15.4. The lowest BCUT2D eigenvalue weighted by Crippen LogP contribution is -2.01. The molecule has 94 valence electrons. The third kappa shape index (κ3) is 3.85. The van der Waals surface area contributed by atoms with Crippen LogP contribution in [-0.2, 0) is 6.54 Å². The van der Waals surface area contributed by atoms with Crippen molar-refractivity contribution in [2.24, 2.45) is 0 Å². The van der Waals surface area contributed by atoms with Crippen LogP contribution < -0.4 is 5.32 Å². The topological polar surface area (TPSA) is 12.0 Å². The van der Waals surface area contributed by atoms with Gasteiger partial charge in [0.05, 0.1) is 0 Å². The fourth-order valence-corrected chi connectivity index (χ4v) is 3.52. The van der Waals surface area contributed by atoms with Crippen molar-refractivity contribution in [2.45, 2.75) is 6.54 Å². The number of nitrogens with one attached hydrogen (secondary N) is 1. The number of benzene rings is 2. The molecule has 2 rings (SSSR count). The Morgan fingerprint density at radius 1 is 1.06 bits per heavy atom. The number of hydrogen-bond acceptors (Lipinski definition) is 1. The van der Waals surface area contributed by atoms with Crippen LogP contribution in [0.4, 0.5) is 5.69 Å². The Labute approximate surface area is 142 Å². The molecule has 0 aliphatic rings. The predicted molar refractivity (Wildman–Crippen MR) is 93.3 cm³/mol. The molecule has 0 amide bonds. The smallest absolute Gasteiger partial charge is 0.0488 e. The molecule has 18 heavy (non-hydrogen) atoms. The first kappa shape index (κ1) is 14.6. The quantitative estimate of drug-likeness (QED) is 0.503. The molecular weight excluding hydrogens is 492 g/mol. The zero-order chi connectivity index (χ0) is 13.1. The van der Waals surface area contributed by atoms with E-state index < -0.39 is 0 Å². The van der Waals surface area contributed by atoms with E-state index in [2.05, 4.69) is 78.0 Å². The number of rotatable bonds is 3. The number of anilines is 1. The molecule has 0 fully saturated rings. The number of halogens is 4. The van der Waals surface area contributed by atoms with Crippen LogP contribution in [-0.4, -0.2) is 0 Å². The van der Waals surface area contributed by atoms with E-state index in [0.29, 0.717) is 0 Å². The monoisotopic (exact) mass is 499 g/mol. The van der Waals surface area contributed by atoms with Gasteiger partial charge in [-0.25, -0.2) is 0 Å². The fourth-order valence-electron chi connectivity index (χ4n) is 1.50. The van der Waals surface area contributed by atoms with Crippen LogP contribution in [0.15, 0.2) is 45.3 Å². The van der Waals surface area contributed by atoms with Gasteiger partial charge in [0.2, 0.25) is 0 Å². The molecule has 0 bridgehead atoms. The second kappa shape index (κ2) is 6.59. The normalized spacial score (nSPS) is 10.4. The molecule has 1 nitrogen and oxygen atoms in total. The lowest BCUT2D eigenvalue weighted by Gasteiger charge is -2.10. The van der Waals surface area contributed by atoms with Crippen LogP contribution in [0.1, 0.15) is 5.56 Å². The molecule has 0 heterocycles. The summed E-state index contributed by atoms with van der Waals surface area (Å²) in [4.78, 5) is 0. The summed E-state index contributed by atoms with van der Waals surface area (Å²) in [7, 11) is 0. The highest BCUT2D eigenvalue weighted by Gasteiger charge is 2.03. The van der Waals surface area contributed by atoms with Gasteiger partial charge in [0.25, 0.3) is 0 Å². The lowest BCUT2D eigenvalue weighted by molar-refractivity contribution is 1.13. The molecule has 0 aromatic heterocycles. The second-order valence-corrected chi connectivity index (χ2v) is 7.10. The van der Waals surface area contributed by atoms with Crippen LogP contribution >= 0.6 is 66.1 Å². The van der Waals surface area contributed by atoms with Crippen molar-refractivity contribution in [1.29, 1.82) is 0 Å². The van der Waals surface area contributed by atoms with E-state index in [4.69, 9.17) is 11.6 Å². The van der Waals surface area contributed by atoms with E-state index in [1.165, 1.54) is 3.57 Å². The molecule has 0 atom stereocenters. The van der Waals surface area contributed by atoms with Gasteiger partial charge in [-0.1, -0.05) is 27.5 Å². The highest BCUT2D eigenvalue weighted by molar-refractivity contribution is 14.1.